The number of hydrogen-bond donors (Lipinski definition) is 0. The highest BCUT2D eigenvalue weighted by Gasteiger charge is 2.37. The van der Waals surface area contributed by atoms with Crippen molar-refractivity contribution in [2.24, 2.45) is 5.92 Å². The molecule has 3 nitrogen and oxygen atoms in total. The van der Waals surface area contributed by atoms with Crippen LogP contribution in [0, 0.1) is 5.92 Å². The van der Waals surface area contributed by atoms with Crippen LogP contribution in [0.1, 0.15) is 25.2 Å². The van der Waals surface area contributed by atoms with E-state index in [9.17, 15) is 0 Å². The molecule has 1 fully saturated rings. The van der Waals surface area contributed by atoms with E-state index in [1.54, 1.807) is 0 Å². The molecule has 0 saturated heterocycles. The molecule has 1 aromatic rings. The summed E-state index contributed by atoms with van der Waals surface area (Å²) >= 11 is 0. The molecular weight excluding hydrogens is 116 g/mol. The van der Waals surface area contributed by atoms with Crippen molar-refractivity contribution >= 4 is 0 Å². The lowest BCUT2D eigenvalue weighted by Crippen LogP contribution is -1.79. The first-order chi connectivity index (χ1) is 4.38. The van der Waals surface area contributed by atoms with Crippen LogP contribution in [0.25, 0.3) is 0 Å². The minimum Gasteiger partial charge on any atom is -0.428 e. The molecule has 2 unspecified atom stereocenters. The molecule has 48 valence electrons. The molecule has 2 atom stereocenters. The van der Waals surface area contributed by atoms with Crippen LogP contribution in [-0.4, -0.2) is 10.2 Å². The van der Waals surface area contributed by atoms with Gasteiger partial charge in [0.05, 0.1) is 0 Å². The van der Waals surface area contributed by atoms with Gasteiger partial charge in [-0.15, -0.1) is 10.2 Å². The van der Waals surface area contributed by atoms with Gasteiger partial charge in [0.1, 0.15) is 0 Å². The second-order valence-corrected chi connectivity index (χ2v) is 2.60. The molecular formula is C6H8N2O. The second kappa shape index (κ2) is 1.56. The summed E-state index contributed by atoms with van der Waals surface area (Å²) in [5.74, 6) is 2.13. The normalized spacial score (nSPS) is 32.6. The Hall–Kier alpha value is -0.860. The molecule has 0 bridgehead atoms. The Balaban J connectivity index is 2.18. The van der Waals surface area contributed by atoms with E-state index < -0.39 is 0 Å². The first-order valence-electron chi connectivity index (χ1n) is 3.14. The van der Waals surface area contributed by atoms with Gasteiger partial charge < -0.3 is 4.42 Å². The maximum Gasteiger partial charge on any atom is 0.219 e. The standard InChI is InChI=1S/C6H8N2O/c1-4-2-5(4)6-8-7-3-9-6/h3-5H,2H2,1H3. The fraction of sp³-hybridized carbons (Fsp3) is 0.667. The Kier molecular flexibility index (Phi) is 0.860. The van der Waals surface area contributed by atoms with E-state index in [1.165, 1.54) is 12.8 Å². The van der Waals surface area contributed by atoms with E-state index in [-0.39, 0.29) is 0 Å². The Labute approximate surface area is 53.1 Å². The lowest BCUT2D eigenvalue weighted by atomic mass is 10.3. The lowest BCUT2D eigenvalue weighted by Gasteiger charge is -1.82. The minimum atomic E-state index is 0.562. The predicted octanol–water partition coefficient (Wildman–Crippen LogP) is 1.19. The van der Waals surface area contributed by atoms with Crippen molar-refractivity contribution in [1.29, 1.82) is 0 Å². The predicted molar refractivity (Wildman–Crippen MR) is 30.8 cm³/mol. The van der Waals surface area contributed by atoms with Gasteiger partial charge in [-0.2, -0.15) is 0 Å². The lowest BCUT2D eigenvalue weighted by molar-refractivity contribution is 0.489. The van der Waals surface area contributed by atoms with Gasteiger partial charge in [0.2, 0.25) is 12.3 Å². The van der Waals surface area contributed by atoms with Crippen LogP contribution in [-0.2, 0) is 0 Å². The molecule has 1 aliphatic carbocycles. The van der Waals surface area contributed by atoms with Crippen molar-refractivity contribution < 1.29 is 4.42 Å². The van der Waals surface area contributed by atoms with Gasteiger partial charge >= 0.3 is 0 Å². The van der Waals surface area contributed by atoms with Gasteiger partial charge in [0, 0.05) is 5.92 Å². The van der Waals surface area contributed by atoms with Gasteiger partial charge in [0.15, 0.2) is 0 Å². The monoisotopic (exact) mass is 124 g/mol. The summed E-state index contributed by atoms with van der Waals surface area (Å²) in [6, 6.07) is 0. The Morgan fingerprint density at radius 1 is 1.78 bits per heavy atom. The number of aromatic nitrogens is 2. The molecule has 1 aliphatic rings. The average Bonchev–Trinajstić information content (AvgIpc) is 2.44. The van der Waals surface area contributed by atoms with Crippen LogP contribution in [0.2, 0.25) is 0 Å². The molecule has 2 rings (SSSR count). The molecule has 0 N–H and O–H groups in total. The fourth-order valence-corrected chi connectivity index (χ4v) is 1.01. The van der Waals surface area contributed by atoms with Crippen molar-refractivity contribution in [3.05, 3.63) is 12.3 Å². The maximum atomic E-state index is 5.01. The van der Waals surface area contributed by atoms with Gasteiger partial charge in [-0.25, -0.2) is 0 Å². The Bertz CT molecular complexity index is 195. The largest absolute Gasteiger partial charge is 0.428 e. The molecule has 3 heteroatoms. The van der Waals surface area contributed by atoms with Gasteiger partial charge in [-0.05, 0) is 12.3 Å². The minimum absolute atomic E-state index is 0.562. The molecule has 0 amide bonds. The van der Waals surface area contributed by atoms with E-state index >= 15 is 0 Å². The summed E-state index contributed by atoms with van der Waals surface area (Å²) < 4.78 is 5.01. The molecule has 1 saturated carbocycles. The van der Waals surface area contributed by atoms with Crippen LogP contribution < -0.4 is 0 Å². The topological polar surface area (TPSA) is 38.9 Å². The summed E-state index contributed by atoms with van der Waals surface area (Å²) in [4.78, 5) is 0. The van der Waals surface area contributed by atoms with Gasteiger partial charge in [-0.3, -0.25) is 0 Å². The third-order valence-electron chi connectivity index (χ3n) is 1.80. The fourth-order valence-electron chi connectivity index (χ4n) is 1.01. The molecule has 0 spiro atoms. The highest BCUT2D eigenvalue weighted by Crippen LogP contribution is 2.45. The van der Waals surface area contributed by atoms with Crippen molar-refractivity contribution in [1.82, 2.24) is 10.2 Å². The zero-order valence-corrected chi connectivity index (χ0v) is 5.24. The Morgan fingerprint density at radius 3 is 3.00 bits per heavy atom. The first kappa shape index (κ1) is 4.97. The third-order valence-corrected chi connectivity index (χ3v) is 1.80. The second-order valence-electron chi connectivity index (χ2n) is 2.60. The third kappa shape index (κ3) is 0.724. The summed E-state index contributed by atoms with van der Waals surface area (Å²) in [5.41, 5.74) is 0. The number of rotatable bonds is 1. The van der Waals surface area contributed by atoms with E-state index in [2.05, 4.69) is 17.1 Å². The number of hydrogen-bond acceptors (Lipinski definition) is 3. The SMILES string of the molecule is CC1CC1c1nnco1. The van der Waals surface area contributed by atoms with E-state index in [0.29, 0.717) is 5.92 Å². The van der Waals surface area contributed by atoms with Crippen LogP contribution in [0.5, 0.6) is 0 Å². The van der Waals surface area contributed by atoms with E-state index in [0.717, 1.165) is 11.8 Å². The van der Waals surface area contributed by atoms with E-state index in [1.807, 2.05) is 0 Å². The maximum absolute atomic E-state index is 5.01. The van der Waals surface area contributed by atoms with E-state index in [4.69, 9.17) is 4.42 Å². The molecule has 0 aromatic carbocycles. The Morgan fingerprint density at radius 2 is 2.56 bits per heavy atom. The average molecular weight is 124 g/mol. The smallest absolute Gasteiger partial charge is 0.219 e. The molecule has 0 aliphatic heterocycles. The van der Waals surface area contributed by atoms with Crippen molar-refractivity contribution in [2.75, 3.05) is 0 Å². The zero-order valence-electron chi connectivity index (χ0n) is 5.24. The van der Waals surface area contributed by atoms with Crippen LogP contribution >= 0.6 is 0 Å². The number of nitrogens with zero attached hydrogens (tertiary/aromatic N) is 2. The van der Waals surface area contributed by atoms with Crippen molar-refractivity contribution in [3.8, 4) is 0 Å². The van der Waals surface area contributed by atoms with Crippen molar-refractivity contribution in [2.45, 2.75) is 19.3 Å². The highest BCUT2D eigenvalue weighted by molar-refractivity contribution is 5.03. The van der Waals surface area contributed by atoms with Crippen molar-refractivity contribution in [3.63, 3.8) is 0 Å². The summed E-state index contributed by atoms with van der Waals surface area (Å²) in [5, 5.41) is 7.41. The summed E-state index contributed by atoms with van der Waals surface area (Å²) in [6.07, 6.45) is 2.60. The quantitative estimate of drug-likeness (QED) is 0.564. The molecule has 1 heterocycles. The molecule has 9 heavy (non-hydrogen) atoms. The highest BCUT2D eigenvalue weighted by atomic mass is 16.4. The zero-order chi connectivity index (χ0) is 6.27. The summed E-state index contributed by atoms with van der Waals surface area (Å²) in [6.45, 7) is 2.19. The van der Waals surface area contributed by atoms with Crippen LogP contribution in [0.4, 0.5) is 0 Å². The van der Waals surface area contributed by atoms with Crippen LogP contribution in [0.15, 0.2) is 10.8 Å². The van der Waals surface area contributed by atoms with Gasteiger partial charge in [-0.1, -0.05) is 6.92 Å². The first-order valence-corrected chi connectivity index (χ1v) is 3.14. The molecule has 0 radical (unpaired) electrons. The molecule has 1 aromatic heterocycles. The summed E-state index contributed by atoms with van der Waals surface area (Å²) in [7, 11) is 0. The van der Waals surface area contributed by atoms with Crippen LogP contribution in [0.3, 0.4) is 0 Å². The van der Waals surface area contributed by atoms with Gasteiger partial charge in [0.25, 0.3) is 0 Å².